The van der Waals surface area contributed by atoms with Crippen molar-refractivity contribution < 1.29 is 19.4 Å². The minimum Gasteiger partial charge on any atom is -0.506 e. The number of phenols is 1. The maximum atomic E-state index is 13.1. The summed E-state index contributed by atoms with van der Waals surface area (Å²) >= 11 is 0. The zero-order chi connectivity index (χ0) is 20.6. The Balaban J connectivity index is 1.59. The Bertz CT molecular complexity index is 852. The van der Waals surface area contributed by atoms with Gasteiger partial charge in [0.1, 0.15) is 11.8 Å². The second-order valence-electron chi connectivity index (χ2n) is 7.45. The summed E-state index contributed by atoms with van der Waals surface area (Å²) in [7, 11) is 0. The number of phenolic OH excluding ortho intramolecular Hbond substituents is 1. The molecule has 2 aromatic rings. The molecular formula is C23H30N2O4. The first-order valence-corrected chi connectivity index (χ1v) is 10.5. The molecule has 0 radical (unpaired) electrons. The highest BCUT2D eigenvalue weighted by Crippen LogP contribution is 2.31. The molecule has 1 atom stereocenters. The summed E-state index contributed by atoms with van der Waals surface area (Å²) in [5.41, 5.74) is 0.243. The molecule has 0 saturated carbocycles. The number of fused-ring (bicyclic) bond motifs is 1. The van der Waals surface area contributed by atoms with Crippen molar-refractivity contribution in [1.29, 1.82) is 0 Å². The summed E-state index contributed by atoms with van der Waals surface area (Å²) in [6, 6.07) is 10.4. The van der Waals surface area contributed by atoms with Crippen LogP contribution in [0.25, 0.3) is 10.8 Å². The number of ether oxygens (including phenoxy) is 1. The molecular weight excluding hydrogens is 368 g/mol. The van der Waals surface area contributed by atoms with Crippen molar-refractivity contribution in [3.8, 4) is 5.75 Å². The summed E-state index contributed by atoms with van der Waals surface area (Å²) < 4.78 is 5.50. The highest BCUT2D eigenvalue weighted by atomic mass is 16.5. The number of aromatic hydroxyl groups is 1. The number of carbonyl (C=O) groups is 2. The minimum atomic E-state index is -0.491. The Kier molecular flexibility index (Phi) is 7.47. The van der Waals surface area contributed by atoms with Crippen molar-refractivity contribution in [2.24, 2.45) is 0 Å². The van der Waals surface area contributed by atoms with Crippen LogP contribution in [0.3, 0.4) is 0 Å². The van der Waals surface area contributed by atoms with Crippen LogP contribution in [0.1, 0.15) is 49.4 Å². The van der Waals surface area contributed by atoms with Gasteiger partial charge >= 0.3 is 0 Å². The molecule has 0 aromatic heterocycles. The molecule has 1 aliphatic rings. The van der Waals surface area contributed by atoms with Crippen LogP contribution in [0.5, 0.6) is 5.75 Å². The van der Waals surface area contributed by atoms with E-state index in [0.29, 0.717) is 31.5 Å². The molecule has 0 spiro atoms. The van der Waals surface area contributed by atoms with Crippen molar-refractivity contribution in [2.45, 2.75) is 45.1 Å². The van der Waals surface area contributed by atoms with E-state index in [2.05, 4.69) is 12.2 Å². The molecule has 1 saturated heterocycles. The Morgan fingerprint density at radius 1 is 1.17 bits per heavy atom. The fourth-order valence-electron chi connectivity index (χ4n) is 3.72. The van der Waals surface area contributed by atoms with E-state index in [0.717, 1.165) is 37.7 Å². The summed E-state index contributed by atoms with van der Waals surface area (Å²) in [6.07, 6.45) is 4.32. The molecule has 2 aromatic carbocycles. The number of nitrogens with one attached hydrogen (secondary N) is 1. The Morgan fingerprint density at radius 3 is 2.79 bits per heavy atom. The lowest BCUT2D eigenvalue weighted by Gasteiger charge is -2.24. The molecule has 156 valence electrons. The van der Waals surface area contributed by atoms with Gasteiger partial charge in [0.25, 0.3) is 5.91 Å². The smallest absolute Gasteiger partial charge is 0.258 e. The number of likely N-dealkylation sites (tertiary alicyclic amines) is 1. The van der Waals surface area contributed by atoms with E-state index < -0.39 is 6.04 Å². The minimum absolute atomic E-state index is 0.0246. The lowest BCUT2D eigenvalue weighted by Crippen LogP contribution is -2.46. The van der Waals surface area contributed by atoms with Gasteiger partial charge < -0.3 is 20.1 Å². The van der Waals surface area contributed by atoms with Crippen molar-refractivity contribution in [2.75, 3.05) is 26.3 Å². The molecule has 1 unspecified atom stereocenters. The predicted molar refractivity (Wildman–Crippen MR) is 113 cm³/mol. The van der Waals surface area contributed by atoms with Crippen molar-refractivity contribution >= 4 is 22.6 Å². The van der Waals surface area contributed by atoms with Crippen LogP contribution in [-0.4, -0.2) is 54.2 Å². The molecule has 1 fully saturated rings. The van der Waals surface area contributed by atoms with E-state index in [4.69, 9.17) is 4.74 Å². The van der Waals surface area contributed by atoms with E-state index in [-0.39, 0.29) is 23.1 Å². The van der Waals surface area contributed by atoms with E-state index >= 15 is 0 Å². The zero-order valence-corrected chi connectivity index (χ0v) is 17.0. The summed E-state index contributed by atoms with van der Waals surface area (Å²) in [4.78, 5) is 27.3. The fraction of sp³-hybridized carbons (Fsp3) is 0.478. The van der Waals surface area contributed by atoms with Crippen LogP contribution in [0.2, 0.25) is 0 Å². The third kappa shape index (κ3) is 5.07. The molecule has 6 nitrogen and oxygen atoms in total. The standard InChI is InChI=1S/C23H30N2O4/c1-2-3-15-29-16-7-13-24-22(27)20-10-6-14-25(20)23(28)19-12-11-17-8-4-5-9-18(17)21(19)26/h4-5,8-9,11-12,20,26H,2-3,6-7,10,13-16H2,1H3,(H,24,27). The van der Waals surface area contributed by atoms with Crippen LogP contribution >= 0.6 is 0 Å². The number of amides is 2. The molecule has 2 amide bonds. The normalized spacial score (nSPS) is 16.3. The van der Waals surface area contributed by atoms with Crippen molar-refractivity contribution in [1.82, 2.24) is 10.2 Å². The number of hydrogen-bond acceptors (Lipinski definition) is 4. The molecule has 3 rings (SSSR count). The predicted octanol–water partition coefficient (Wildman–Crippen LogP) is 3.47. The quantitative estimate of drug-likeness (QED) is 0.634. The first-order valence-electron chi connectivity index (χ1n) is 10.5. The maximum absolute atomic E-state index is 13.1. The van der Waals surface area contributed by atoms with Crippen molar-refractivity contribution in [3.05, 3.63) is 42.0 Å². The van der Waals surface area contributed by atoms with Gasteiger partial charge in [0.05, 0.1) is 5.56 Å². The van der Waals surface area contributed by atoms with Crippen LogP contribution in [-0.2, 0) is 9.53 Å². The van der Waals surface area contributed by atoms with Gasteiger partial charge in [-0.1, -0.05) is 43.7 Å². The van der Waals surface area contributed by atoms with E-state index in [1.165, 1.54) is 0 Å². The fourth-order valence-corrected chi connectivity index (χ4v) is 3.72. The number of rotatable bonds is 9. The van der Waals surface area contributed by atoms with Crippen molar-refractivity contribution in [3.63, 3.8) is 0 Å². The summed E-state index contributed by atoms with van der Waals surface area (Å²) in [5.74, 6) is -0.457. The van der Waals surface area contributed by atoms with E-state index in [1.54, 1.807) is 17.0 Å². The number of hydrogen-bond donors (Lipinski definition) is 2. The van der Waals surface area contributed by atoms with Crippen LogP contribution in [0.15, 0.2) is 36.4 Å². The van der Waals surface area contributed by atoms with Gasteiger partial charge in [-0.05, 0) is 37.1 Å². The van der Waals surface area contributed by atoms with Gasteiger partial charge in [-0.25, -0.2) is 0 Å². The Morgan fingerprint density at radius 2 is 1.97 bits per heavy atom. The van der Waals surface area contributed by atoms with Gasteiger partial charge in [0.15, 0.2) is 0 Å². The van der Waals surface area contributed by atoms with Gasteiger partial charge in [-0.3, -0.25) is 9.59 Å². The van der Waals surface area contributed by atoms with E-state index in [9.17, 15) is 14.7 Å². The Hall–Kier alpha value is -2.60. The van der Waals surface area contributed by atoms with Gasteiger partial charge in [0.2, 0.25) is 5.91 Å². The first kappa shape index (κ1) is 21.1. The number of carbonyl (C=O) groups excluding carboxylic acids is 2. The molecule has 1 aliphatic heterocycles. The largest absolute Gasteiger partial charge is 0.506 e. The molecule has 2 N–H and O–H groups in total. The monoisotopic (exact) mass is 398 g/mol. The van der Waals surface area contributed by atoms with Gasteiger partial charge in [-0.15, -0.1) is 0 Å². The second-order valence-corrected chi connectivity index (χ2v) is 7.45. The third-order valence-electron chi connectivity index (χ3n) is 5.35. The van der Waals surface area contributed by atoms with Crippen LogP contribution in [0, 0.1) is 0 Å². The lowest BCUT2D eigenvalue weighted by atomic mass is 10.0. The topological polar surface area (TPSA) is 78.9 Å². The average molecular weight is 399 g/mol. The summed E-state index contributed by atoms with van der Waals surface area (Å²) in [6.45, 7) is 4.55. The van der Waals surface area contributed by atoms with Gasteiger partial charge in [-0.2, -0.15) is 0 Å². The average Bonchev–Trinajstić information content (AvgIpc) is 3.23. The zero-order valence-electron chi connectivity index (χ0n) is 17.0. The first-order chi connectivity index (χ1) is 14.1. The highest BCUT2D eigenvalue weighted by Gasteiger charge is 2.35. The SMILES string of the molecule is CCCCOCCCNC(=O)C1CCCN1C(=O)c1ccc2ccccc2c1O. The molecule has 29 heavy (non-hydrogen) atoms. The Labute approximate surface area is 171 Å². The lowest BCUT2D eigenvalue weighted by molar-refractivity contribution is -0.124. The molecule has 1 heterocycles. The maximum Gasteiger partial charge on any atom is 0.258 e. The molecule has 6 heteroatoms. The number of nitrogens with zero attached hydrogens (tertiary/aromatic N) is 1. The van der Waals surface area contributed by atoms with Crippen LogP contribution < -0.4 is 5.32 Å². The highest BCUT2D eigenvalue weighted by molar-refractivity contribution is 6.05. The van der Waals surface area contributed by atoms with Gasteiger partial charge in [0, 0.05) is 31.7 Å². The molecule has 0 aliphatic carbocycles. The van der Waals surface area contributed by atoms with E-state index in [1.807, 2.05) is 24.3 Å². The number of unbranched alkanes of at least 4 members (excludes halogenated alkanes) is 1. The third-order valence-corrected chi connectivity index (χ3v) is 5.35. The number of benzene rings is 2. The van der Waals surface area contributed by atoms with Crippen LogP contribution in [0.4, 0.5) is 0 Å². The second kappa shape index (κ2) is 10.3. The molecule has 0 bridgehead atoms. The summed E-state index contributed by atoms with van der Waals surface area (Å²) in [5, 5.41) is 15.0.